The molecule has 0 bridgehead atoms. The lowest BCUT2D eigenvalue weighted by molar-refractivity contribution is -0.160. The Kier molecular flexibility index (Phi) is 5.38. The second-order valence-electron chi connectivity index (χ2n) is 9.54. The molecule has 0 aromatic carbocycles. The van der Waals surface area contributed by atoms with Crippen LogP contribution >= 0.6 is 0 Å². The molecule has 3 aromatic rings. The van der Waals surface area contributed by atoms with E-state index in [1.165, 1.54) is 11.8 Å². The van der Waals surface area contributed by atoms with Crippen LogP contribution in [0.15, 0.2) is 30.6 Å². The van der Waals surface area contributed by atoms with Gasteiger partial charge in [0.2, 0.25) is 0 Å². The molecule has 0 spiro atoms. The highest BCUT2D eigenvalue weighted by Crippen LogP contribution is 2.60. The fraction of sp³-hybridized carbons (Fsp3) is 0.520. The van der Waals surface area contributed by atoms with Gasteiger partial charge in [0.1, 0.15) is 5.65 Å². The van der Waals surface area contributed by atoms with Crippen LogP contribution in [0, 0.1) is 0 Å². The van der Waals surface area contributed by atoms with Crippen molar-refractivity contribution in [1.82, 2.24) is 20.3 Å². The lowest BCUT2D eigenvalue weighted by Gasteiger charge is -2.30. The van der Waals surface area contributed by atoms with E-state index in [0.717, 1.165) is 38.3 Å². The number of ether oxygens (including phenoxy) is 2. The molecule has 0 radical (unpaired) electrons. The Morgan fingerprint density at radius 3 is 2.59 bits per heavy atom. The largest absolute Gasteiger partial charge is 0.398 e. The maximum absolute atomic E-state index is 13.8. The van der Waals surface area contributed by atoms with Gasteiger partial charge in [-0.1, -0.05) is 6.07 Å². The maximum atomic E-state index is 13.8. The van der Waals surface area contributed by atoms with Crippen LogP contribution in [0.25, 0.3) is 22.3 Å². The van der Waals surface area contributed by atoms with Crippen LogP contribution in [0.3, 0.4) is 0 Å². The Morgan fingerprint density at radius 2 is 1.88 bits per heavy atom. The van der Waals surface area contributed by atoms with Gasteiger partial charge >= 0.3 is 6.18 Å². The molecule has 5 heterocycles. The normalized spacial score (nSPS) is 23.3. The summed E-state index contributed by atoms with van der Waals surface area (Å²) in [6.45, 7) is 3.43. The van der Waals surface area contributed by atoms with Gasteiger partial charge in [-0.2, -0.15) is 13.2 Å². The predicted octanol–water partition coefficient (Wildman–Crippen LogP) is 4.77. The van der Waals surface area contributed by atoms with Gasteiger partial charge < -0.3 is 19.8 Å². The Bertz CT molecular complexity index is 1190. The first-order valence-corrected chi connectivity index (χ1v) is 11.9. The molecule has 9 heteroatoms. The fourth-order valence-electron chi connectivity index (χ4n) is 5.39. The molecule has 3 aromatic heterocycles. The highest BCUT2D eigenvalue weighted by molar-refractivity contribution is 5.85. The number of halogens is 3. The van der Waals surface area contributed by atoms with Crippen molar-refractivity contribution >= 4 is 11.0 Å². The zero-order chi connectivity index (χ0) is 23.3. The van der Waals surface area contributed by atoms with Crippen molar-refractivity contribution in [1.29, 1.82) is 0 Å². The molecule has 1 aliphatic carbocycles. The van der Waals surface area contributed by atoms with Crippen molar-refractivity contribution in [2.45, 2.75) is 49.2 Å². The van der Waals surface area contributed by atoms with E-state index < -0.39 is 11.6 Å². The van der Waals surface area contributed by atoms with Crippen molar-refractivity contribution in [3.63, 3.8) is 0 Å². The second-order valence-corrected chi connectivity index (χ2v) is 9.54. The van der Waals surface area contributed by atoms with E-state index in [1.807, 2.05) is 6.07 Å². The molecule has 2 aliphatic heterocycles. The summed E-state index contributed by atoms with van der Waals surface area (Å²) in [7, 11) is 0. The van der Waals surface area contributed by atoms with Crippen LogP contribution in [-0.4, -0.2) is 54.1 Å². The minimum atomic E-state index is -4.28. The summed E-state index contributed by atoms with van der Waals surface area (Å²) in [5.74, 6) is 0.368. The van der Waals surface area contributed by atoms with E-state index in [-0.39, 0.29) is 24.4 Å². The SMILES string of the molecule is FC(F)(F)C1(c2c[nH]c3ncc(-c4ccc(C5CCOCC5)c(C5COCCN5)n4)cc23)CC1. The molecule has 3 aliphatic rings. The third-order valence-electron chi connectivity index (χ3n) is 7.51. The molecule has 3 fully saturated rings. The first-order valence-electron chi connectivity index (χ1n) is 11.9. The summed E-state index contributed by atoms with van der Waals surface area (Å²) in [5, 5.41) is 4.03. The third-order valence-corrected chi connectivity index (χ3v) is 7.51. The van der Waals surface area contributed by atoms with E-state index in [0.29, 0.717) is 41.4 Å². The van der Waals surface area contributed by atoms with Crippen molar-refractivity contribution in [3.8, 4) is 11.3 Å². The number of nitrogens with zero attached hydrogens (tertiary/aromatic N) is 2. The summed E-state index contributed by atoms with van der Waals surface area (Å²) >= 11 is 0. The van der Waals surface area contributed by atoms with Crippen LogP contribution in [0.4, 0.5) is 13.2 Å². The Hall–Kier alpha value is -2.49. The number of rotatable bonds is 4. The monoisotopic (exact) mass is 472 g/mol. The van der Waals surface area contributed by atoms with E-state index in [9.17, 15) is 13.2 Å². The van der Waals surface area contributed by atoms with Gasteiger partial charge in [-0.25, -0.2) is 4.98 Å². The number of nitrogens with one attached hydrogen (secondary N) is 2. The van der Waals surface area contributed by atoms with Crippen molar-refractivity contribution in [2.24, 2.45) is 0 Å². The summed E-state index contributed by atoms with van der Waals surface area (Å²) in [4.78, 5) is 12.4. The zero-order valence-corrected chi connectivity index (χ0v) is 18.8. The number of morpholine rings is 1. The Labute approximate surface area is 195 Å². The van der Waals surface area contributed by atoms with E-state index in [4.69, 9.17) is 14.5 Å². The number of fused-ring (bicyclic) bond motifs is 1. The summed E-state index contributed by atoms with van der Waals surface area (Å²) in [5.41, 5.74) is 2.55. The molecule has 2 saturated heterocycles. The van der Waals surface area contributed by atoms with Gasteiger partial charge in [0.05, 0.1) is 36.1 Å². The van der Waals surface area contributed by atoms with Gasteiger partial charge in [-0.05, 0) is 54.9 Å². The lowest BCUT2D eigenvalue weighted by atomic mass is 9.88. The molecule has 1 atom stereocenters. The number of aromatic amines is 1. The highest BCUT2D eigenvalue weighted by atomic mass is 19.4. The number of aromatic nitrogens is 3. The molecule has 180 valence electrons. The number of hydrogen-bond acceptors (Lipinski definition) is 5. The van der Waals surface area contributed by atoms with Gasteiger partial charge in [0, 0.05) is 43.1 Å². The predicted molar refractivity (Wildman–Crippen MR) is 121 cm³/mol. The molecule has 34 heavy (non-hydrogen) atoms. The van der Waals surface area contributed by atoms with Crippen LogP contribution in [0.5, 0.6) is 0 Å². The topological polar surface area (TPSA) is 72.1 Å². The summed E-state index contributed by atoms with van der Waals surface area (Å²) < 4.78 is 52.7. The summed E-state index contributed by atoms with van der Waals surface area (Å²) in [6.07, 6.45) is 0.996. The molecular formula is C25H27F3N4O2. The van der Waals surface area contributed by atoms with Crippen LogP contribution in [0.1, 0.15) is 54.5 Å². The van der Waals surface area contributed by atoms with Gasteiger partial charge in [0.25, 0.3) is 0 Å². The smallest absolute Gasteiger partial charge is 0.381 e. The van der Waals surface area contributed by atoms with E-state index >= 15 is 0 Å². The molecule has 0 amide bonds. The second kappa shape index (κ2) is 8.32. The number of alkyl halides is 3. The van der Waals surface area contributed by atoms with Gasteiger partial charge in [-0.15, -0.1) is 0 Å². The molecule has 2 N–H and O–H groups in total. The third kappa shape index (κ3) is 3.70. The van der Waals surface area contributed by atoms with Crippen molar-refractivity contribution in [2.75, 3.05) is 33.0 Å². The highest BCUT2D eigenvalue weighted by Gasteiger charge is 2.65. The standard InChI is InChI=1S/C25H27F3N4O2/c26-25(27,28)24(5-6-24)19-13-31-23-18(19)11-16(12-30-23)20-2-1-17(15-3-8-33-9-4-15)22(32-20)21-14-34-10-7-29-21/h1-2,11-13,15,21,29H,3-10,14H2,(H,30,31). The minimum Gasteiger partial charge on any atom is -0.381 e. The molecule has 6 nitrogen and oxygen atoms in total. The average Bonchev–Trinajstić information content (AvgIpc) is 3.58. The first-order chi connectivity index (χ1) is 16.5. The molecule has 1 saturated carbocycles. The zero-order valence-electron chi connectivity index (χ0n) is 18.8. The van der Waals surface area contributed by atoms with Crippen LogP contribution in [-0.2, 0) is 14.9 Å². The van der Waals surface area contributed by atoms with Gasteiger partial charge in [0.15, 0.2) is 0 Å². The maximum Gasteiger partial charge on any atom is 0.398 e. The van der Waals surface area contributed by atoms with Crippen LogP contribution < -0.4 is 5.32 Å². The lowest BCUT2D eigenvalue weighted by Crippen LogP contribution is -2.36. The number of H-pyrrole nitrogens is 1. The Morgan fingerprint density at radius 1 is 1.06 bits per heavy atom. The van der Waals surface area contributed by atoms with Crippen molar-refractivity contribution < 1.29 is 22.6 Å². The fourth-order valence-corrected chi connectivity index (χ4v) is 5.39. The molecule has 6 rings (SSSR count). The number of hydrogen-bond donors (Lipinski definition) is 2. The summed E-state index contributed by atoms with van der Waals surface area (Å²) in [6, 6.07) is 5.85. The Balaban J connectivity index is 1.42. The van der Waals surface area contributed by atoms with Gasteiger partial charge in [-0.3, -0.25) is 4.98 Å². The quantitative estimate of drug-likeness (QED) is 0.572. The number of pyridine rings is 2. The molecule has 1 unspecified atom stereocenters. The molecular weight excluding hydrogens is 445 g/mol. The van der Waals surface area contributed by atoms with Crippen LogP contribution in [0.2, 0.25) is 0 Å². The van der Waals surface area contributed by atoms with E-state index in [2.05, 4.69) is 21.4 Å². The van der Waals surface area contributed by atoms with Crippen molar-refractivity contribution in [3.05, 3.63) is 47.4 Å². The average molecular weight is 473 g/mol. The van der Waals surface area contributed by atoms with E-state index in [1.54, 1.807) is 12.3 Å². The minimum absolute atomic E-state index is 0.0222. The first kappa shape index (κ1) is 22.0.